The van der Waals surface area contributed by atoms with E-state index in [1.807, 2.05) is 49.4 Å². The molecule has 0 aliphatic heterocycles. The Morgan fingerprint density at radius 1 is 0.667 bits per heavy atom. The van der Waals surface area contributed by atoms with Crippen LogP contribution in [0.2, 0.25) is 0 Å². The molecular weight excluding hydrogens is 456 g/mol. The van der Waals surface area contributed by atoms with Crippen molar-refractivity contribution in [2.24, 2.45) is 0 Å². The van der Waals surface area contributed by atoms with Gasteiger partial charge in [0.05, 0.1) is 12.3 Å². The molecule has 0 spiro atoms. The number of anilines is 2. The van der Waals surface area contributed by atoms with Gasteiger partial charge in [0.25, 0.3) is 11.8 Å². The van der Waals surface area contributed by atoms with Crippen LogP contribution in [0.4, 0.5) is 11.4 Å². The lowest BCUT2D eigenvalue weighted by Crippen LogP contribution is -2.20. The average molecular weight is 483 g/mol. The molecule has 0 fully saturated rings. The fourth-order valence-corrected chi connectivity index (χ4v) is 3.33. The topological polar surface area (TPSA) is 85.9 Å². The fourth-order valence-electron chi connectivity index (χ4n) is 3.33. The average Bonchev–Trinajstić information content (AvgIpc) is 2.91. The Morgan fingerprint density at radius 3 is 2.03 bits per heavy atom. The van der Waals surface area contributed by atoms with E-state index < -0.39 is 0 Å². The van der Waals surface area contributed by atoms with Crippen LogP contribution in [0, 0.1) is 0 Å². The summed E-state index contributed by atoms with van der Waals surface area (Å²) < 4.78 is 16.8. The first-order valence-corrected chi connectivity index (χ1v) is 11.5. The van der Waals surface area contributed by atoms with E-state index in [0.717, 1.165) is 5.75 Å². The van der Waals surface area contributed by atoms with Crippen LogP contribution in [0.5, 0.6) is 23.0 Å². The molecule has 0 aromatic heterocycles. The lowest BCUT2D eigenvalue weighted by molar-refractivity contribution is -0.118. The molecule has 0 aliphatic rings. The number of rotatable bonds is 10. The number of carbonyl (C=O) groups excluding carboxylic acids is 2. The summed E-state index contributed by atoms with van der Waals surface area (Å²) in [5.74, 6) is 1.91. The van der Waals surface area contributed by atoms with Crippen LogP contribution in [0.1, 0.15) is 17.3 Å². The van der Waals surface area contributed by atoms with Gasteiger partial charge in [-0.05, 0) is 79.7 Å². The van der Waals surface area contributed by atoms with Crippen LogP contribution in [0.3, 0.4) is 0 Å². The van der Waals surface area contributed by atoms with Gasteiger partial charge in [-0.1, -0.05) is 30.3 Å². The van der Waals surface area contributed by atoms with E-state index in [-0.39, 0.29) is 18.4 Å². The van der Waals surface area contributed by atoms with Crippen molar-refractivity contribution in [1.82, 2.24) is 0 Å². The Hall–Kier alpha value is -4.78. The van der Waals surface area contributed by atoms with Crippen LogP contribution in [0.15, 0.2) is 103 Å². The second kappa shape index (κ2) is 12.1. The van der Waals surface area contributed by atoms with Crippen molar-refractivity contribution in [1.29, 1.82) is 0 Å². The molecule has 4 aromatic rings. The Morgan fingerprint density at radius 2 is 1.31 bits per heavy atom. The van der Waals surface area contributed by atoms with E-state index in [1.165, 1.54) is 0 Å². The Balaban J connectivity index is 1.25. The maximum absolute atomic E-state index is 12.6. The van der Waals surface area contributed by atoms with Crippen molar-refractivity contribution in [3.05, 3.63) is 109 Å². The highest BCUT2D eigenvalue weighted by molar-refractivity contribution is 6.05. The molecule has 182 valence electrons. The number of hydrogen-bond acceptors (Lipinski definition) is 5. The first-order chi connectivity index (χ1) is 17.6. The van der Waals surface area contributed by atoms with Crippen LogP contribution >= 0.6 is 0 Å². The molecule has 4 aromatic carbocycles. The molecule has 0 aliphatic carbocycles. The molecular formula is C29H26N2O5. The summed E-state index contributed by atoms with van der Waals surface area (Å²) in [4.78, 5) is 24.9. The summed E-state index contributed by atoms with van der Waals surface area (Å²) in [6.07, 6.45) is 0. The molecule has 0 saturated heterocycles. The lowest BCUT2D eigenvalue weighted by Gasteiger charge is -2.12. The minimum absolute atomic E-state index is 0.171. The monoisotopic (exact) mass is 482 g/mol. The standard InChI is InChI=1S/C29H26N2O5/c1-2-34-27-11-7-6-10-26(27)31-29(33)21-12-16-23(17-13-21)35-20-28(32)30-22-14-18-25(19-15-22)36-24-8-4-3-5-9-24/h3-19H,2,20H2,1H3,(H,30,32)(H,31,33). The molecule has 0 heterocycles. The fraction of sp³-hybridized carbons (Fsp3) is 0.103. The van der Waals surface area contributed by atoms with E-state index in [4.69, 9.17) is 14.2 Å². The smallest absolute Gasteiger partial charge is 0.262 e. The highest BCUT2D eigenvalue weighted by atomic mass is 16.5. The molecule has 7 heteroatoms. The Bertz CT molecular complexity index is 1290. The zero-order valence-electron chi connectivity index (χ0n) is 19.8. The molecule has 0 radical (unpaired) electrons. The second-order valence-electron chi connectivity index (χ2n) is 7.68. The largest absolute Gasteiger partial charge is 0.492 e. The SMILES string of the molecule is CCOc1ccccc1NC(=O)c1ccc(OCC(=O)Nc2ccc(Oc3ccccc3)cc2)cc1. The van der Waals surface area contributed by atoms with Crippen molar-refractivity contribution in [3.8, 4) is 23.0 Å². The molecule has 36 heavy (non-hydrogen) atoms. The maximum Gasteiger partial charge on any atom is 0.262 e. The van der Waals surface area contributed by atoms with Crippen LogP contribution < -0.4 is 24.8 Å². The number of benzene rings is 4. The summed E-state index contributed by atoms with van der Waals surface area (Å²) in [6.45, 7) is 2.21. The van der Waals surface area contributed by atoms with E-state index >= 15 is 0 Å². The zero-order chi connectivity index (χ0) is 25.2. The second-order valence-corrected chi connectivity index (χ2v) is 7.68. The van der Waals surface area contributed by atoms with E-state index in [2.05, 4.69) is 10.6 Å². The number of nitrogens with one attached hydrogen (secondary N) is 2. The van der Waals surface area contributed by atoms with Gasteiger partial charge < -0.3 is 24.8 Å². The van der Waals surface area contributed by atoms with Crippen LogP contribution in [0.25, 0.3) is 0 Å². The molecule has 0 unspecified atom stereocenters. The third-order valence-corrected chi connectivity index (χ3v) is 5.04. The summed E-state index contributed by atoms with van der Waals surface area (Å²) in [5.41, 5.74) is 1.68. The van der Waals surface area contributed by atoms with Crippen molar-refractivity contribution in [2.45, 2.75) is 6.92 Å². The molecule has 0 saturated carbocycles. The van der Waals surface area contributed by atoms with Gasteiger partial charge in [-0.25, -0.2) is 0 Å². The zero-order valence-corrected chi connectivity index (χ0v) is 19.8. The van der Waals surface area contributed by atoms with Crippen molar-refractivity contribution < 1.29 is 23.8 Å². The third kappa shape index (κ3) is 6.87. The van der Waals surface area contributed by atoms with Crippen molar-refractivity contribution in [2.75, 3.05) is 23.8 Å². The molecule has 2 N–H and O–H groups in total. The number of para-hydroxylation sites is 3. The first-order valence-electron chi connectivity index (χ1n) is 11.5. The molecule has 7 nitrogen and oxygen atoms in total. The predicted octanol–water partition coefficient (Wildman–Crippen LogP) is 6.15. The summed E-state index contributed by atoms with van der Waals surface area (Å²) in [5, 5.41) is 5.63. The lowest BCUT2D eigenvalue weighted by atomic mass is 10.2. The van der Waals surface area contributed by atoms with Gasteiger partial charge >= 0.3 is 0 Å². The summed E-state index contributed by atoms with van der Waals surface area (Å²) in [7, 11) is 0. The molecule has 4 rings (SSSR count). The van der Waals surface area contributed by atoms with Gasteiger partial charge in [0, 0.05) is 11.3 Å². The van der Waals surface area contributed by atoms with Crippen molar-refractivity contribution >= 4 is 23.2 Å². The van der Waals surface area contributed by atoms with Gasteiger partial charge in [-0.2, -0.15) is 0 Å². The summed E-state index contributed by atoms with van der Waals surface area (Å²) in [6, 6.07) is 30.3. The normalized spacial score (nSPS) is 10.2. The number of carbonyl (C=O) groups is 2. The van der Waals surface area contributed by atoms with Gasteiger partial charge in [-0.15, -0.1) is 0 Å². The molecule has 0 atom stereocenters. The molecule has 0 bridgehead atoms. The summed E-state index contributed by atoms with van der Waals surface area (Å²) >= 11 is 0. The number of hydrogen-bond donors (Lipinski definition) is 2. The van der Waals surface area contributed by atoms with E-state index in [9.17, 15) is 9.59 Å². The van der Waals surface area contributed by atoms with Gasteiger partial charge in [0.2, 0.25) is 0 Å². The van der Waals surface area contributed by atoms with Crippen molar-refractivity contribution in [3.63, 3.8) is 0 Å². The number of amides is 2. The van der Waals surface area contributed by atoms with E-state index in [0.29, 0.717) is 40.8 Å². The predicted molar refractivity (Wildman–Crippen MR) is 139 cm³/mol. The Labute approximate surface area is 209 Å². The van der Waals surface area contributed by atoms with Crippen LogP contribution in [-0.4, -0.2) is 25.0 Å². The van der Waals surface area contributed by atoms with Gasteiger partial charge in [-0.3, -0.25) is 9.59 Å². The van der Waals surface area contributed by atoms with Crippen LogP contribution in [-0.2, 0) is 4.79 Å². The van der Waals surface area contributed by atoms with Gasteiger partial charge in [0.1, 0.15) is 23.0 Å². The van der Waals surface area contributed by atoms with E-state index in [1.54, 1.807) is 60.7 Å². The maximum atomic E-state index is 12.6. The Kier molecular flexibility index (Phi) is 8.17. The first kappa shape index (κ1) is 24.3. The quantitative estimate of drug-likeness (QED) is 0.283. The minimum Gasteiger partial charge on any atom is -0.492 e. The highest BCUT2D eigenvalue weighted by Crippen LogP contribution is 2.25. The third-order valence-electron chi connectivity index (χ3n) is 5.04. The number of ether oxygens (including phenoxy) is 3. The van der Waals surface area contributed by atoms with Gasteiger partial charge in [0.15, 0.2) is 6.61 Å². The minimum atomic E-state index is -0.305. The highest BCUT2D eigenvalue weighted by Gasteiger charge is 2.10. The molecule has 2 amide bonds.